The molecule has 0 saturated carbocycles. The van der Waals surface area contributed by atoms with Crippen molar-refractivity contribution in [3.8, 4) is 0 Å². The minimum absolute atomic E-state index is 0.137. The molecule has 144 valence electrons. The van der Waals surface area contributed by atoms with Gasteiger partial charge in [0.15, 0.2) is 5.96 Å². The summed E-state index contributed by atoms with van der Waals surface area (Å²) in [5.74, 6) is 1.67. The number of guanidine groups is 1. The van der Waals surface area contributed by atoms with E-state index in [0.29, 0.717) is 5.69 Å². The third-order valence-electron chi connectivity index (χ3n) is 5.66. The van der Waals surface area contributed by atoms with E-state index in [1.54, 1.807) is 6.07 Å². The molecule has 1 N–H and O–H groups in total. The Morgan fingerprint density at radius 2 is 1.81 bits per heavy atom. The number of piperazine rings is 1. The van der Waals surface area contributed by atoms with E-state index in [2.05, 4.69) is 32.1 Å². The Hall–Kier alpha value is -1.82. The average Bonchev–Trinajstić information content (AvgIpc) is 2.67. The van der Waals surface area contributed by atoms with Gasteiger partial charge in [-0.15, -0.1) is 0 Å². The van der Waals surface area contributed by atoms with Crippen LogP contribution in [0.1, 0.15) is 19.3 Å². The third kappa shape index (κ3) is 4.87. The van der Waals surface area contributed by atoms with Crippen LogP contribution in [0.5, 0.6) is 0 Å². The molecule has 1 aromatic rings. The fraction of sp³-hybridized carbons (Fsp3) is 0.650. The number of rotatable bonds is 4. The molecule has 0 aliphatic carbocycles. The van der Waals surface area contributed by atoms with Gasteiger partial charge in [-0.05, 0) is 57.5 Å². The molecule has 6 heteroatoms. The Kier molecular flexibility index (Phi) is 6.72. The number of halogens is 1. The van der Waals surface area contributed by atoms with Gasteiger partial charge >= 0.3 is 0 Å². The molecule has 2 heterocycles. The first-order chi connectivity index (χ1) is 12.7. The molecule has 0 amide bonds. The van der Waals surface area contributed by atoms with E-state index >= 15 is 0 Å². The van der Waals surface area contributed by atoms with Crippen molar-refractivity contribution in [2.24, 2.45) is 10.9 Å². The maximum absolute atomic E-state index is 14.0. The highest BCUT2D eigenvalue weighted by Gasteiger charge is 2.22. The van der Waals surface area contributed by atoms with Crippen LogP contribution >= 0.6 is 0 Å². The number of hydrogen-bond acceptors (Lipinski definition) is 3. The Bertz CT molecular complexity index is 590. The fourth-order valence-corrected chi connectivity index (χ4v) is 3.94. The molecule has 0 radical (unpaired) electrons. The topological polar surface area (TPSA) is 34.1 Å². The van der Waals surface area contributed by atoms with Crippen molar-refractivity contribution in [2.45, 2.75) is 19.3 Å². The normalized spacial score (nSPS) is 20.5. The first-order valence-electron chi connectivity index (χ1n) is 9.81. The second-order valence-corrected chi connectivity index (χ2v) is 7.43. The van der Waals surface area contributed by atoms with Gasteiger partial charge in [0.1, 0.15) is 5.82 Å². The molecule has 26 heavy (non-hydrogen) atoms. The van der Waals surface area contributed by atoms with Crippen LogP contribution in [0.2, 0.25) is 0 Å². The second kappa shape index (κ2) is 9.21. The van der Waals surface area contributed by atoms with Crippen molar-refractivity contribution in [2.75, 3.05) is 64.8 Å². The van der Waals surface area contributed by atoms with E-state index < -0.39 is 0 Å². The Balaban J connectivity index is 1.43. The lowest BCUT2D eigenvalue weighted by atomic mass is 9.94. The fourth-order valence-electron chi connectivity index (χ4n) is 3.94. The van der Waals surface area contributed by atoms with Gasteiger partial charge in [0.2, 0.25) is 0 Å². The minimum Gasteiger partial charge on any atom is -0.366 e. The monoisotopic (exact) mass is 361 g/mol. The molecule has 2 aliphatic rings. The van der Waals surface area contributed by atoms with E-state index in [1.807, 2.05) is 19.2 Å². The van der Waals surface area contributed by atoms with Crippen LogP contribution in [0, 0.1) is 11.7 Å². The molecule has 0 unspecified atom stereocenters. The van der Waals surface area contributed by atoms with E-state index in [-0.39, 0.29) is 5.82 Å². The summed E-state index contributed by atoms with van der Waals surface area (Å²) in [6.07, 6.45) is 3.82. The van der Waals surface area contributed by atoms with E-state index in [9.17, 15) is 4.39 Å². The predicted octanol–water partition coefficient (Wildman–Crippen LogP) is 2.25. The maximum atomic E-state index is 14.0. The standard InChI is InChI=1S/C20H32FN5/c1-22-20(23-10-7-17-8-11-24(2)12-9-17)26-15-13-25(14-16-26)19-6-4-3-5-18(19)21/h3-6,17H,7-16H2,1-2H3,(H,22,23). The summed E-state index contributed by atoms with van der Waals surface area (Å²) >= 11 is 0. The second-order valence-electron chi connectivity index (χ2n) is 7.43. The molecular weight excluding hydrogens is 329 g/mol. The van der Waals surface area contributed by atoms with Crippen molar-refractivity contribution in [1.29, 1.82) is 0 Å². The van der Waals surface area contributed by atoms with Crippen LogP contribution in [0.15, 0.2) is 29.3 Å². The summed E-state index contributed by atoms with van der Waals surface area (Å²) in [5.41, 5.74) is 0.706. The van der Waals surface area contributed by atoms with Gasteiger partial charge in [0.25, 0.3) is 0 Å². The Morgan fingerprint density at radius 1 is 1.12 bits per heavy atom. The first kappa shape index (κ1) is 19.0. The number of likely N-dealkylation sites (tertiary alicyclic amines) is 1. The highest BCUT2D eigenvalue weighted by atomic mass is 19.1. The maximum Gasteiger partial charge on any atom is 0.193 e. The van der Waals surface area contributed by atoms with Crippen molar-refractivity contribution in [3.63, 3.8) is 0 Å². The van der Waals surface area contributed by atoms with Gasteiger partial charge in [0, 0.05) is 39.8 Å². The number of benzene rings is 1. The molecule has 5 nitrogen and oxygen atoms in total. The highest BCUT2D eigenvalue weighted by molar-refractivity contribution is 5.80. The van der Waals surface area contributed by atoms with Gasteiger partial charge < -0.3 is 20.0 Å². The summed E-state index contributed by atoms with van der Waals surface area (Å²) in [6, 6.07) is 7.03. The van der Waals surface area contributed by atoms with Crippen LogP contribution in [0.25, 0.3) is 0 Å². The molecule has 2 fully saturated rings. The summed E-state index contributed by atoms with van der Waals surface area (Å²) in [5, 5.41) is 3.53. The third-order valence-corrected chi connectivity index (χ3v) is 5.66. The summed E-state index contributed by atoms with van der Waals surface area (Å²) in [6.45, 7) is 6.78. The predicted molar refractivity (Wildman–Crippen MR) is 106 cm³/mol. The van der Waals surface area contributed by atoms with Crippen LogP contribution in [-0.2, 0) is 0 Å². The van der Waals surface area contributed by atoms with E-state index in [1.165, 1.54) is 38.4 Å². The molecule has 0 aromatic heterocycles. The summed E-state index contributed by atoms with van der Waals surface area (Å²) in [4.78, 5) is 11.3. The van der Waals surface area contributed by atoms with Crippen LogP contribution < -0.4 is 10.2 Å². The molecule has 2 aliphatic heterocycles. The van der Waals surface area contributed by atoms with Gasteiger partial charge in [-0.1, -0.05) is 12.1 Å². The number of anilines is 1. The SMILES string of the molecule is CN=C(NCCC1CCN(C)CC1)N1CCN(c2ccccc2F)CC1. The molecule has 3 rings (SSSR count). The number of aliphatic imine (C=N–C) groups is 1. The first-order valence-corrected chi connectivity index (χ1v) is 9.81. The number of nitrogens with one attached hydrogen (secondary N) is 1. The quantitative estimate of drug-likeness (QED) is 0.659. The van der Waals surface area contributed by atoms with Crippen LogP contribution in [-0.4, -0.2) is 75.7 Å². The van der Waals surface area contributed by atoms with E-state index in [4.69, 9.17) is 0 Å². The van der Waals surface area contributed by atoms with Crippen molar-refractivity contribution in [3.05, 3.63) is 30.1 Å². The molecule has 0 bridgehead atoms. The zero-order valence-electron chi connectivity index (χ0n) is 16.1. The van der Waals surface area contributed by atoms with Gasteiger partial charge in [-0.2, -0.15) is 0 Å². The summed E-state index contributed by atoms with van der Waals surface area (Å²) in [7, 11) is 4.05. The Labute approximate surface area is 156 Å². The zero-order chi connectivity index (χ0) is 18.4. The van der Waals surface area contributed by atoms with Crippen molar-refractivity contribution in [1.82, 2.24) is 15.1 Å². The smallest absolute Gasteiger partial charge is 0.193 e. The highest BCUT2D eigenvalue weighted by Crippen LogP contribution is 2.21. The molecular formula is C20H32FN5. The number of piperidine rings is 1. The Morgan fingerprint density at radius 3 is 2.46 bits per heavy atom. The van der Waals surface area contributed by atoms with Gasteiger partial charge in [-0.25, -0.2) is 4.39 Å². The molecule has 0 spiro atoms. The lowest BCUT2D eigenvalue weighted by molar-refractivity contribution is 0.212. The van der Waals surface area contributed by atoms with Gasteiger partial charge in [0.05, 0.1) is 5.69 Å². The lowest BCUT2D eigenvalue weighted by Gasteiger charge is -2.38. The molecule has 0 atom stereocenters. The van der Waals surface area contributed by atoms with Crippen molar-refractivity contribution >= 4 is 11.6 Å². The van der Waals surface area contributed by atoms with Crippen LogP contribution in [0.4, 0.5) is 10.1 Å². The summed E-state index contributed by atoms with van der Waals surface area (Å²) < 4.78 is 14.0. The molecule has 2 saturated heterocycles. The number of para-hydroxylation sites is 1. The molecule has 1 aromatic carbocycles. The van der Waals surface area contributed by atoms with E-state index in [0.717, 1.165) is 44.6 Å². The van der Waals surface area contributed by atoms with Crippen molar-refractivity contribution < 1.29 is 4.39 Å². The zero-order valence-corrected chi connectivity index (χ0v) is 16.1. The number of hydrogen-bond donors (Lipinski definition) is 1. The number of nitrogens with zero attached hydrogens (tertiary/aromatic N) is 4. The lowest BCUT2D eigenvalue weighted by Crippen LogP contribution is -2.53. The minimum atomic E-state index is -0.137. The van der Waals surface area contributed by atoms with Gasteiger partial charge in [-0.3, -0.25) is 4.99 Å². The van der Waals surface area contributed by atoms with Crippen LogP contribution in [0.3, 0.4) is 0 Å². The largest absolute Gasteiger partial charge is 0.366 e. The average molecular weight is 362 g/mol.